The monoisotopic (exact) mass is 294 g/mol. The lowest BCUT2D eigenvalue weighted by atomic mass is 10.2. The van der Waals surface area contributed by atoms with E-state index in [1.54, 1.807) is 0 Å². The van der Waals surface area contributed by atoms with Crippen molar-refractivity contribution in [2.75, 3.05) is 0 Å². The highest BCUT2D eigenvalue weighted by Gasteiger charge is 2.52. The van der Waals surface area contributed by atoms with Crippen molar-refractivity contribution in [3.05, 3.63) is 60.7 Å². The van der Waals surface area contributed by atoms with Crippen molar-refractivity contribution in [2.45, 2.75) is 32.7 Å². The molecule has 2 aromatic carbocycles. The largest absolute Gasteiger partial charge is 0.489 e. The lowest BCUT2D eigenvalue weighted by molar-refractivity contribution is 0.476. The van der Waals surface area contributed by atoms with Gasteiger partial charge in [-0.15, -0.1) is 0 Å². The molecule has 2 heteroatoms. The Morgan fingerprint density at radius 2 is 1.24 bits per heavy atom. The lowest BCUT2D eigenvalue weighted by Gasteiger charge is -2.40. The number of benzene rings is 2. The van der Waals surface area contributed by atoms with E-state index in [0.717, 1.165) is 0 Å². The Morgan fingerprint density at radius 1 is 0.810 bits per heavy atom. The van der Waals surface area contributed by atoms with Gasteiger partial charge in [-0.2, -0.15) is 0 Å². The maximum Gasteiger partial charge on any atom is 0.332 e. The average Bonchev–Trinajstić information content (AvgIpc) is 2.49. The summed E-state index contributed by atoms with van der Waals surface area (Å²) < 4.78 is 6.29. The van der Waals surface area contributed by atoms with Crippen LogP contribution in [0.5, 0.6) is 0 Å². The normalized spacial score (nSPS) is 11.4. The van der Waals surface area contributed by atoms with Gasteiger partial charge in [-0.1, -0.05) is 87.4 Å². The molecular weight excluding hydrogens is 272 g/mol. The summed E-state index contributed by atoms with van der Waals surface area (Å²) in [6, 6.07) is 21.1. The first-order valence-electron chi connectivity index (χ1n) is 7.23. The van der Waals surface area contributed by atoms with Gasteiger partial charge in [0.1, 0.15) is 0 Å². The third kappa shape index (κ3) is 2.89. The molecule has 0 unspecified atom stereocenters. The summed E-state index contributed by atoms with van der Waals surface area (Å²) in [5, 5.41) is 2.50. The van der Waals surface area contributed by atoms with Gasteiger partial charge in [0.15, 0.2) is 0 Å². The highest BCUT2D eigenvalue weighted by atomic mass is 28.4. The van der Waals surface area contributed by atoms with E-state index in [0.29, 0.717) is 0 Å². The molecule has 0 saturated heterocycles. The quantitative estimate of drug-likeness (QED) is 0.621. The predicted octanol–water partition coefficient (Wildman–Crippen LogP) is 3.54. The Balaban J connectivity index is 2.74. The van der Waals surface area contributed by atoms with Crippen molar-refractivity contribution >= 4 is 18.7 Å². The molecule has 0 saturated carbocycles. The molecule has 0 aliphatic carbocycles. The summed E-state index contributed by atoms with van der Waals surface area (Å²) in [6.45, 7) is 8.56. The zero-order valence-electron chi connectivity index (χ0n) is 13.2. The molecule has 0 radical (unpaired) electrons. The van der Waals surface area contributed by atoms with Gasteiger partial charge in [-0.25, -0.2) is 0 Å². The fraction of sp³-hybridized carbons (Fsp3) is 0.263. The topological polar surface area (TPSA) is 9.23 Å². The molecule has 108 valence electrons. The fourth-order valence-electron chi connectivity index (χ4n) is 2.78. The van der Waals surface area contributed by atoms with Crippen LogP contribution in [0.4, 0.5) is 0 Å². The van der Waals surface area contributed by atoms with Gasteiger partial charge in [0.25, 0.3) is 0 Å². The van der Waals surface area contributed by atoms with Crippen molar-refractivity contribution in [1.82, 2.24) is 0 Å². The van der Waals surface area contributed by atoms with Crippen LogP contribution >= 0.6 is 0 Å². The van der Waals surface area contributed by atoms with Gasteiger partial charge in [-0.3, -0.25) is 0 Å². The van der Waals surface area contributed by atoms with Gasteiger partial charge in [0.2, 0.25) is 0 Å². The minimum atomic E-state index is -2.44. The Labute approximate surface area is 129 Å². The van der Waals surface area contributed by atoms with Gasteiger partial charge in [0.05, 0.1) is 6.11 Å². The molecular formula is C19H22OSi. The molecule has 2 aromatic rings. The third-order valence-corrected chi connectivity index (χ3v) is 8.54. The van der Waals surface area contributed by atoms with E-state index < -0.39 is 8.32 Å². The van der Waals surface area contributed by atoms with Crippen LogP contribution in [0, 0.1) is 12.0 Å². The Morgan fingerprint density at radius 3 is 1.57 bits per heavy atom. The molecule has 0 amide bonds. The maximum absolute atomic E-state index is 6.29. The van der Waals surface area contributed by atoms with Gasteiger partial charge < -0.3 is 4.43 Å². The van der Waals surface area contributed by atoms with Crippen LogP contribution in [0.3, 0.4) is 0 Å². The second-order valence-corrected chi connectivity index (χ2v) is 10.3. The van der Waals surface area contributed by atoms with Gasteiger partial charge in [0, 0.05) is 12.0 Å². The zero-order chi connectivity index (χ0) is 15.3. The lowest BCUT2D eigenvalue weighted by Crippen LogP contribution is -2.65. The van der Waals surface area contributed by atoms with Crippen LogP contribution in [0.25, 0.3) is 0 Å². The summed E-state index contributed by atoms with van der Waals surface area (Å²) in [5.74, 6) is 2.90. The first-order valence-corrected chi connectivity index (χ1v) is 9.14. The van der Waals surface area contributed by atoms with E-state index in [9.17, 15) is 0 Å². The Kier molecular flexibility index (Phi) is 4.55. The van der Waals surface area contributed by atoms with Crippen molar-refractivity contribution < 1.29 is 4.43 Å². The summed E-state index contributed by atoms with van der Waals surface area (Å²) >= 11 is 0. The van der Waals surface area contributed by atoms with Crippen LogP contribution in [0.2, 0.25) is 5.04 Å². The minimum absolute atomic E-state index is 0.0143. The van der Waals surface area contributed by atoms with Crippen LogP contribution < -0.4 is 10.4 Å². The molecule has 0 aromatic heterocycles. The molecule has 21 heavy (non-hydrogen) atoms. The zero-order valence-corrected chi connectivity index (χ0v) is 14.2. The van der Waals surface area contributed by atoms with Crippen molar-refractivity contribution in [2.24, 2.45) is 0 Å². The standard InChI is InChI=1S/C19H22OSi/c1-5-16-20-21(19(2,3)4,17-12-8-6-9-13-17)18-14-10-7-11-15-18/h6-15H,1-4H3. The summed E-state index contributed by atoms with van der Waals surface area (Å²) in [4.78, 5) is 0. The van der Waals surface area contributed by atoms with E-state index in [-0.39, 0.29) is 5.04 Å². The van der Waals surface area contributed by atoms with E-state index >= 15 is 0 Å². The van der Waals surface area contributed by atoms with Crippen LogP contribution in [0.15, 0.2) is 60.7 Å². The first-order chi connectivity index (χ1) is 10.0. The Hall–Kier alpha value is -1.98. The predicted molar refractivity (Wildman–Crippen MR) is 92.2 cm³/mol. The summed E-state index contributed by atoms with van der Waals surface area (Å²) in [7, 11) is -2.44. The molecule has 0 atom stereocenters. The average molecular weight is 294 g/mol. The summed E-state index contributed by atoms with van der Waals surface area (Å²) in [5.41, 5.74) is 0. The molecule has 0 aliphatic heterocycles. The molecule has 0 aliphatic rings. The first kappa shape index (κ1) is 15.4. The van der Waals surface area contributed by atoms with Crippen LogP contribution in [-0.4, -0.2) is 8.32 Å². The maximum atomic E-state index is 6.29. The van der Waals surface area contributed by atoms with Crippen molar-refractivity contribution in [3.63, 3.8) is 0 Å². The summed E-state index contributed by atoms with van der Waals surface area (Å²) in [6.07, 6.45) is 2.90. The molecule has 0 bridgehead atoms. The smallest absolute Gasteiger partial charge is 0.332 e. The third-order valence-electron chi connectivity index (χ3n) is 3.72. The van der Waals surface area contributed by atoms with Crippen LogP contribution in [0.1, 0.15) is 27.7 Å². The van der Waals surface area contributed by atoms with Crippen molar-refractivity contribution in [3.8, 4) is 12.0 Å². The molecule has 0 fully saturated rings. The van der Waals surface area contributed by atoms with E-state index in [4.69, 9.17) is 4.43 Å². The van der Waals surface area contributed by atoms with Gasteiger partial charge in [-0.05, 0) is 10.4 Å². The highest BCUT2D eigenvalue weighted by Crippen LogP contribution is 2.36. The highest BCUT2D eigenvalue weighted by molar-refractivity contribution is 6.99. The molecule has 0 N–H and O–H groups in total. The van der Waals surface area contributed by atoms with Gasteiger partial charge >= 0.3 is 8.32 Å². The number of hydrogen-bond donors (Lipinski definition) is 0. The Bertz CT molecular complexity index is 591. The molecule has 1 nitrogen and oxygen atoms in total. The van der Waals surface area contributed by atoms with E-state index in [1.165, 1.54) is 10.4 Å². The second-order valence-electron chi connectivity index (χ2n) is 6.12. The molecule has 2 rings (SSSR count). The van der Waals surface area contributed by atoms with E-state index in [2.05, 4.69) is 81.3 Å². The number of hydrogen-bond acceptors (Lipinski definition) is 1. The van der Waals surface area contributed by atoms with Crippen molar-refractivity contribution in [1.29, 1.82) is 0 Å². The minimum Gasteiger partial charge on any atom is -0.489 e. The van der Waals surface area contributed by atoms with Crippen LogP contribution in [-0.2, 0) is 4.43 Å². The molecule has 0 heterocycles. The van der Waals surface area contributed by atoms with E-state index in [1.807, 2.05) is 19.1 Å². The number of rotatable bonds is 3. The SMILES string of the molecule is CC#CO[Si](c1ccccc1)(c1ccccc1)C(C)(C)C. The fourth-order valence-corrected chi connectivity index (χ4v) is 6.96. The molecule has 0 spiro atoms. The second kappa shape index (κ2) is 6.20.